The van der Waals surface area contributed by atoms with Gasteiger partial charge >= 0.3 is 0 Å². The van der Waals surface area contributed by atoms with E-state index in [9.17, 15) is 22.8 Å². The summed E-state index contributed by atoms with van der Waals surface area (Å²) in [5, 5.41) is 5.33. The lowest BCUT2D eigenvalue weighted by Gasteiger charge is -2.22. The third-order valence-corrected chi connectivity index (χ3v) is 5.92. The molecule has 0 aliphatic carbocycles. The van der Waals surface area contributed by atoms with Crippen LogP contribution in [0.1, 0.15) is 41.5 Å². The summed E-state index contributed by atoms with van der Waals surface area (Å²) in [6.45, 7) is 4.79. The van der Waals surface area contributed by atoms with Gasteiger partial charge in [-0.25, -0.2) is 12.7 Å². The van der Waals surface area contributed by atoms with Gasteiger partial charge in [-0.15, -0.1) is 0 Å². The third-order valence-electron chi connectivity index (χ3n) is 4.13. The van der Waals surface area contributed by atoms with E-state index in [1.165, 1.54) is 24.3 Å². The van der Waals surface area contributed by atoms with Crippen molar-refractivity contribution in [3.05, 3.63) is 59.7 Å². The molecule has 3 amide bonds. The smallest absolute Gasteiger partial charge is 0.269 e. The fourth-order valence-electron chi connectivity index (χ4n) is 2.91. The molecule has 9 heteroatoms. The molecule has 0 unspecified atom stereocenters. The van der Waals surface area contributed by atoms with E-state index in [0.29, 0.717) is 4.31 Å². The van der Waals surface area contributed by atoms with Crippen LogP contribution in [0.2, 0.25) is 0 Å². The molecule has 0 spiro atoms. The summed E-state index contributed by atoms with van der Waals surface area (Å²) in [5.74, 6) is -1.87. The van der Waals surface area contributed by atoms with Crippen molar-refractivity contribution in [1.82, 2.24) is 9.62 Å². The average molecular weight is 415 g/mol. The molecule has 1 heterocycles. The zero-order chi connectivity index (χ0) is 21.4. The van der Waals surface area contributed by atoms with E-state index in [4.69, 9.17) is 0 Å². The summed E-state index contributed by atoms with van der Waals surface area (Å²) in [4.78, 5) is 37.3. The number of carbonyl (C=O) groups excluding carboxylic acids is 3. The van der Waals surface area contributed by atoms with Crippen LogP contribution in [-0.4, -0.2) is 42.5 Å². The van der Waals surface area contributed by atoms with Gasteiger partial charge in [0.2, 0.25) is 5.91 Å². The van der Waals surface area contributed by atoms with E-state index in [-0.39, 0.29) is 27.6 Å². The van der Waals surface area contributed by atoms with Crippen molar-refractivity contribution >= 4 is 33.4 Å². The summed E-state index contributed by atoms with van der Waals surface area (Å²) in [6.07, 6.45) is 0. The highest BCUT2D eigenvalue weighted by molar-refractivity contribution is 7.90. The second kappa shape index (κ2) is 7.32. The van der Waals surface area contributed by atoms with Crippen molar-refractivity contribution in [3.8, 4) is 0 Å². The summed E-state index contributed by atoms with van der Waals surface area (Å²) >= 11 is 0. The monoisotopic (exact) mass is 415 g/mol. The van der Waals surface area contributed by atoms with Gasteiger partial charge in [-0.05, 0) is 45.0 Å². The highest BCUT2D eigenvalue weighted by atomic mass is 32.2. The number of carbonyl (C=O) groups is 3. The van der Waals surface area contributed by atoms with Crippen LogP contribution in [0.25, 0.3) is 0 Å². The lowest BCUT2D eigenvalue weighted by atomic mass is 10.1. The molecule has 2 aromatic rings. The van der Waals surface area contributed by atoms with Crippen LogP contribution >= 0.6 is 0 Å². The molecule has 0 saturated carbocycles. The Kier molecular flexibility index (Phi) is 5.18. The summed E-state index contributed by atoms with van der Waals surface area (Å²) in [5.41, 5.74) is 0.0106. The molecule has 0 atom stereocenters. The zero-order valence-corrected chi connectivity index (χ0v) is 17.0. The average Bonchev–Trinajstić information content (AvgIpc) is 2.82. The number of hydrogen-bond acceptors (Lipinski definition) is 5. The van der Waals surface area contributed by atoms with Gasteiger partial charge in [0.1, 0.15) is 11.4 Å². The quantitative estimate of drug-likeness (QED) is 0.793. The Morgan fingerprint density at radius 1 is 1.00 bits per heavy atom. The number of nitrogens with one attached hydrogen (secondary N) is 2. The molecule has 2 N–H and O–H groups in total. The Labute approximate surface area is 169 Å². The van der Waals surface area contributed by atoms with Crippen molar-refractivity contribution in [2.75, 3.05) is 11.9 Å². The topological polar surface area (TPSA) is 113 Å². The Bertz CT molecular complexity index is 1100. The first-order valence-corrected chi connectivity index (χ1v) is 10.3. The number of sulfonamides is 1. The second-order valence-corrected chi connectivity index (χ2v) is 9.44. The van der Waals surface area contributed by atoms with E-state index >= 15 is 0 Å². The molecule has 0 aromatic heterocycles. The van der Waals surface area contributed by atoms with Crippen molar-refractivity contribution in [1.29, 1.82) is 0 Å². The maximum atomic E-state index is 12.6. The number of fused-ring (bicyclic) bond motifs is 1. The van der Waals surface area contributed by atoms with E-state index in [2.05, 4.69) is 10.6 Å². The molecule has 0 saturated heterocycles. The molecule has 29 heavy (non-hydrogen) atoms. The van der Waals surface area contributed by atoms with Gasteiger partial charge in [-0.1, -0.05) is 24.3 Å². The minimum Gasteiger partial charge on any atom is -0.347 e. The standard InChI is InChI=1S/C20H21N3O5S/c1-20(2,3)22-18(25)13-8-4-6-10-15(13)21-17(24)12-23-19(26)14-9-5-7-11-16(14)29(23,27)28/h4-11H,12H2,1-3H3,(H,21,24)(H,22,25). The van der Waals surface area contributed by atoms with Crippen LogP contribution in [0, 0.1) is 0 Å². The van der Waals surface area contributed by atoms with Crippen molar-refractivity contribution in [2.24, 2.45) is 0 Å². The molecule has 0 fully saturated rings. The van der Waals surface area contributed by atoms with E-state index in [1.807, 2.05) is 20.8 Å². The first kappa shape index (κ1) is 20.5. The SMILES string of the molecule is CC(C)(C)NC(=O)c1ccccc1NC(=O)CN1C(=O)c2ccccc2S1(=O)=O. The molecule has 2 aromatic carbocycles. The fourth-order valence-corrected chi connectivity index (χ4v) is 4.43. The van der Waals surface area contributed by atoms with Gasteiger partial charge < -0.3 is 10.6 Å². The largest absolute Gasteiger partial charge is 0.347 e. The maximum Gasteiger partial charge on any atom is 0.269 e. The Morgan fingerprint density at radius 2 is 1.62 bits per heavy atom. The van der Waals surface area contributed by atoms with Crippen LogP contribution < -0.4 is 10.6 Å². The van der Waals surface area contributed by atoms with Gasteiger partial charge in [0.25, 0.3) is 21.8 Å². The predicted octanol–water partition coefficient (Wildman–Crippen LogP) is 2.00. The highest BCUT2D eigenvalue weighted by Crippen LogP contribution is 2.29. The molecule has 8 nitrogen and oxygen atoms in total. The molecule has 0 radical (unpaired) electrons. The van der Waals surface area contributed by atoms with Crippen molar-refractivity contribution < 1.29 is 22.8 Å². The molecule has 152 valence electrons. The van der Waals surface area contributed by atoms with Crippen molar-refractivity contribution in [3.63, 3.8) is 0 Å². The van der Waals surface area contributed by atoms with Gasteiger partial charge in [0, 0.05) is 5.54 Å². The van der Waals surface area contributed by atoms with Crippen LogP contribution in [0.3, 0.4) is 0 Å². The van der Waals surface area contributed by atoms with Crippen LogP contribution in [0.5, 0.6) is 0 Å². The zero-order valence-electron chi connectivity index (χ0n) is 16.2. The third kappa shape index (κ3) is 4.14. The molecule has 1 aliphatic heterocycles. The van der Waals surface area contributed by atoms with Crippen molar-refractivity contribution in [2.45, 2.75) is 31.2 Å². The maximum absolute atomic E-state index is 12.6. The molecular formula is C20H21N3O5S. The van der Waals surface area contributed by atoms with Crippen LogP contribution in [-0.2, 0) is 14.8 Å². The second-order valence-electron chi connectivity index (χ2n) is 7.61. The number of benzene rings is 2. The molecule has 1 aliphatic rings. The van der Waals surface area contributed by atoms with Gasteiger partial charge in [0.15, 0.2) is 0 Å². The van der Waals surface area contributed by atoms with Gasteiger partial charge in [-0.3, -0.25) is 14.4 Å². The van der Waals surface area contributed by atoms with E-state index in [1.54, 1.807) is 24.3 Å². The number of anilines is 1. The first-order chi connectivity index (χ1) is 13.5. The van der Waals surface area contributed by atoms with Crippen LogP contribution in [0.15, 0.2) is 53.4 Å². The molecular weight excluding hydrogens is 394 g/mol. The first-order valence-electron chi connectivity index (χ1n) is 8.88. The Balaban J connectivity index is 1.80. The minimum atomic E-state index is -4.09. The minimum absolute atomic E-state index is 0.0326. The predicted molar refractivity (Wildman–Crippen MR) is 107 cm³/mol. The van der Waals surface area contributed by atoms with E-state index < -0.39 is 33.9 Å². The molecule has 3 rings (SSSR count). The fraction of sp³-hybridized carbons (Fsp3) is 0.250. The van der Waals surface area contributed by atoms with Gasteiger partial charge in [-0.2, -0.15) is 0 Å². The van der Waals surface area contributed by atoms with E-state index in [0.717, 1.165) is 0 Å². The summed E-state index contributed by atoms with van der Waals surface area (Å²) in [7, 11) is -4.09. The molecule has 0 bridgehead atoms. The number of amides is 3. The lowest BCUT2D eigenvalue weighted by molar-refractivity contribution is -0.116. The van der Waals surface area contributed by atoms with Gasteiger partial charge in [0.05, 0.1) is 16.8 Å². The Hall–Kier alpha value is -3.20. The van der Waals surface area contributed by atoms with Crippen LogP contribution in [0.4, 0.5) is 5.69 Å². The normalized spacial score (nSPS) is 15.0. The number of nitrogens with zero attached hydrogens (tertiary/aromatic N) is 1. The lowest BCUT2D eigenvalue weighted by Crippen LogP contribution is -2.41. The number of rotatable bonds is 4. The highest BCUT2D eigenvalue weighted by Gasteiger charge is 2.41. The number of para-hydroxylation sites is 1. The number of hydrogen-bond donors (Lipinski definition) is 2. The Morgan fingerprint density at radius 3 is 2.28 bits per heavy atom. The summed E-state index contributed by atoms with van der Waals surface area (Å²) < 4.78 is 25.7. The summed E-state index contributed by atoms with van der Waals surface area (Å²) in [6, 6.07) is 12.2.